The van der Waals surface area contributed by atoms with Gasteiger partial charge in [0.2, 0.25) is 5.91 Å². The SMILES string of the molecule is N#Cc1cnc(NC2CC(=O)N(C3CC3)C2)cn1. The Morgan fingerprint density at radius 2 is 2.22 bits per heavy atom. The van der Waals surface area contributed by atoms with E-state index < -0.39 is 0 Å². The molecule has 92 valence electrons. The van der Waals surface area contributed by atoms with Crippen molar-refractivity contribution >= 4 is 11.7 Å². The summed E-state index contributed by atoms with van der Waals surface area (Å²) >= 11 is 0. The molecule has 3 rings (SSSR count). The predicted octanol–water partition coefficient (Wildman–Crippen LogP) is 0.523. The molecule has 6 nitrogen and oxygen atoms in total. The van der Waals surface area contributed by atoms with E-state index in [2.05, 4.69) is 15.3 Å². The van der Waals surface area contributed by atoms with Crippen LogP contribution in [0.15, 0.2) is 12.4 Å². The highest BCUT2D eigenvalue weighted by molar-refractivity contribution is 5.80. The number of aromatic nitrogens is 2. The van der Waals surface area contributed by atoms with Gasteiger partial charge >= 0.3 is 0 Å². The molecule has 18 heavy (non-hydrogen) atoms. The predicted molar refractivity (Wildman–Crippen MR) is 63.5 cm³/mol. The van der Waals surface area contributed by atoms with Crippen molar-refractivity contribution in [3.05, 3.63) is 18.1 Å². The monoisotopic (exact) mass is 243 g/mol. The van der Waals surface area contributed by atoms with E-state index in [-0.39, 0.29) is 11.9 Å². The van der Waals surface area contributed by atoms with Gasteiger partial charge in [0.05, 0.1) is 18.4 Å². The minimum Gasteiger partial charge on any atom is -0.364 e. The van der Waals surface area contributed by atoms with Crippen LogP contribution < -0.4 is 5.32 Å². The Morgan fingerprint density at radius 3 is 2.83 bits per heavy atom. The van der Waals surface area contributed by atoms with Crippen LogP contribution in [0.1, 0.15) is 25.0 Å². The van der Waals surface area contributed by atoms with Crippen LogP contribution in [0.4, 0.5) is 5.82 Å². The van der Waals surface area contributed by atoms with E-state index in [0.29, 0.717) is 24.0 Å². The lowest BCUT2D eigenvalue weighted by Gasteiger charge is -2.16. The quantitative estimate of drug-likeness (QED) is 0.837. The number of nitrogens with zero attached hydrogens (tertiary/aromatic N) is 4. The Balaban J connectivity index is 1.63. The number of hydrogen-bond donors (Lipinski definition) is 1. The molecule has 1 N–H and O–H groups in total. The topological polar surface area (TPSA) is 81.9 Å². The van der Waals surface area contributed by atoms with Crippen molar-refractivity contribution in [2.75, 3.05) is 11.9 Å². The van der Waals surface area contributed by atoms with Crippen LogP contribution in [0.25, 0.3) is 0 Å². The van der Waals surface area contributed by atoms with Crippen molar-refractivity contribution in [1.82, 2.24) is 14.9 Å². The van der Waals surface area contributed by atoms with Crippen molar-refractivity contribution < 1.29 is 4.79 Å². The minimum absolute atomic E-state index is 0.0975. The summed E-state index contributed by atoms with van der Waals surface area (Å²) < 4.78 is 0. The Labute approximate surface area is 105 Å². The summed E-state index contributed by atoms with van der Waals surface area (Å²) in [6, 6.07) is 2.49. The molecule has 2 fully saturated rings. The number of carbonyl (C=O) groups is 1. The van der Waals surface area contributed by atoms with Crippen LogP contribution in [0.3, 0.4) is 0 Å². The van der Waals surface area contributed by atoms with E-state index in [1.54, 1.807) is 0 Å². The largest absolute Gasteiger partial charge is 0.364 e. The third kappa shape index (κ3) is 2.12. The van der Waals surface area contributed by atoms with Crippen molar-refractivity contribution in [3.63, 3.8) is 0 Å². The molecule has 0 bridgehead atoms. The molecule has 2 heterocycles. The van der Waals surface area contributed by atoms with Crippen LogP contribution in [-0.4, -0.2) is 39.4 Å². The molecule has 1 atom stereocenters. The molecular formula is C12H13N5O. The number of carbonyl (C=O) groups excluding carboxylic acids is 1. The maximum atomic E-state index is 11.8. The minimum atomic E-state index is 0.0975. The van der Waals surface area contributed by atoms with E-state index in [0.717, 1.165) is 19.4 Å². The van der Waals surface area contributed by atoms with Crippen LogP contribution in [0.5, 0.6) is 0 Å². The summed E-state index contributed by atoms with van der Waals surface area (Å²) in [6.07, 6.45) is 5.74. The van der Waals surface area contributed by atoms with Gasteiger partial charge in [-0.3, -0.25) is 4.79 Å². The highest BCUT2D eigenvalue weighted by Crippen LogP contribution is 2.31. The molecule has 0 radical (unpaired) electrons. The number of anilines is 1. The van der Waals surface area contributed by atoms with Gasteiger partial charge in [-0.25, -0.2) is 9.97 Å². The zero-order chi connectivity index (χ0) is 12.5. The first-order valence-electron chi connectivity index (χ1n) is 6.04. The zero-order valence-electron chi connectivity index (χ0n) is 9.83. The average Bonchev–Trinajstić information content (AvgIpc) is 3.15. The first kappa shape index (κ1) is 11.0. The van der Waals surface area contributed by atoms with Crippen LogP contribution in [0, 0.1) is 11.3 Å². The molecule has 1 saturated heterocycles. The van der Waals surface area contributed by atoms with Gasteiger partial charge in [0.25, 0.3) is 0 Å². The van der Waals surface area contributed by atoms with E-state index in [1.807, 2.05) is 11.0 Å². The zero-order valence-corrected chi connectivity index (χ0v) is 9.83. The van der Waals surface area contributed by atoms with Crippen LogP contribution in [0.2, 0.25) is 0 Å². The fourth-order valence-electron chi connectivity index (χ4n) is 2.24. The first-order valence-corrected chi connectivity index (χ1v) is 6.04. The second kappa shape index (κ2) is 4.26. The maximum Gasteiger partial charge on any atom is 0.225 e. The third-order valence-electron chi connectivity index (χ3n) is 3.26. The Morgan fingerprint density at radius 1 is 1.39 bits per heavy atom. The second-order valence-corrected chi connectivity index (χ2v) is 4.72. The summed E-state index contributed by atoms with van der Waals surface area (Å²) in [7, 11) is 0. The lowest BCUT2D eigenvalue weighted by molar-refractivity contribution is -0.128. The Hall–Kier alpha value is -2.16. The Kier molecular flexibility index (Phi) is 2.59. The third-order valence-corrected chi connectivity index (χ3v) is 3.26. The fourth-order valence-corrected chi connectivity index (χ4v) is 2.24. The van der Waals surface area contributed by atoms with E-state index >= 15 is 0 Å². The van der Waals surface area contributed by atoms with Crippen molar-refractivity contribution in [3.8, 4) is 6.07 Å². The molecule has 1 unspecified atom stereocenters. The van der Waals surface area contributed by atoms with Crippen LogP contribution >= 0.6 is 0 Å². The van der Waals surface area contributed by atoms with E-state index in [9.17, 15) is 4.79 Å². The number of rotatable bonds is 3. The Bertz CT molecular complexity index is 502. The number of nitriles is 1. The first-order chi connectivity index (χ1) is 8.76. The fraction of sp³-hybridized carbons (Fsp3) is 0.500. The van der Waals surface area contributed by atoms with Crippen molar-refractivity contribution in [2.24, 2.45) is 0 Å². The average molecular weight is 243 g/mol. The van der Waals surface area contributed by atoms with Gasteiger partial charge in [-0.1, -0.05) is 0 Å². The van der Waals surface area contributed by atoms with Crippen molar-refractivity contribution in [2.45, 2.75) is 31.3 Å². The highest BCUT2D eigenvalue weighted by Gasteiger charge is 2.39. The van der Waals surface area contributed by atoms with Crippen LogP contribution in [-0.2, 0) is 4.79 Å². The van der Waals surface area contributed by atoms with Gasteiger partial charge in [0.15, 0.2) is 5.69 Å². The molecule has 1 aromatic heterocycles. The summed E-state index contributed by atoms with van der Waals surface area (Å²) in [4.78, 5) is 21.8. The standard InChI is InChI=1S/C12H13N5O/c13-4-9-5-15-11(6-14-9)16-8-3-12(18)17(7-8)10-1-2-10/h5-6,8,10H,1-3,7H2,(H,15,16). The van der Waals surface area contributed by atoms with Gasteiger partial charge in [-0.2, -0.15) is 5.26 Å². The number of likely N-dealkylation sites (tertiary alicyclic amines) is 1. The maximum absolute atomic E-state index is 11.8. The van der Waals surface area contributed by atoms with Crippen molar-refractivity contribution in [1.29, 1.82) is 5.26 Å². The number of hydrogen-bond acceptors (Lipinski definition) is 5. The van der Waals surface area contributed by atoms with Gasteiger partial charge < -0.3 is 10.2 Å². The molecule has 1 aromatic rings. The molecular weight excluding hydrogens is 230 g/mol. The second-order valence-electron chi connectivity index (χ2n) is 4.72. The molecule has 6 heteroatoms. The highest BCUT2D eigenvalue weighted by atomic mass is 16.2. The molecule has 1 aliphatic heterocycles. The van der Waals surface area contributed by atoms with Gasteiger partial charge in [0.1, 0.15) is 11.9 Å². The summed E-state index contributed by atoms with van der Waals surface area (Å²) in [6.45, 7) is 0.741. The number of nitrogens with one attached hydrogen (secondary N) is 1. The molecule has 1 saturated carbocycles. The smallest absolute Gasteiger partial charge is 0.225 e. The summed E-state index contributed by atoms with van der Waals surface area (Å²) in [5, 5.41) is 11.8. The molecule has 1 amide bonds. The molecule has 0 aromatic carbocycles. The molecule has 1 aliphatic carbocycles. The number of amides is 1. The molecule has 2 aliphatic rings. The lowest BCUT2D eigenvalue weighted by atomic mass is 10.2. The lowest BCUT2D eigenvalue weighted by Crippen LogP contribution is -2.29. The normalized spacial score (nSPS) is 22.9. The van der Waals surface area contributed by atoms with Gasteiger partial charge in [-0.05, 0) is 12.8 Å². The molecule has 0 spiro atoms. The van der Waals surface area contributed by atoms with Gasteiger partial charge in [-0.15, -0.1) is 0 Å². The van der Waals surface area contributed by atoms with E-state index in [1.165, 1.54) is 12.4 Å². The summed E-state index contributed by atoms with van der Waals surface area (Å²) in [5.41, 5.74) is 0.294. The van der Waals surface area contributed by atoms with E-state index in [4.69, 9.17) is 5.26 Å². The van der Waals surface area contributed by atoms with Gasteiger partial charge in [0, 0.05) is 19.0 Å². The summed E-state index contributed by atoms with van der Waals surface area (Å²) in [5.74, 6) is 0.834.